The van der Waals surface area contributed by atoms with Crippen molar-refractivity contribution in [2.45, 2.75) is 13.8 Å². The summed E-state index contributed by atoms with van der Waals surface area (Å²) in [5, 5.41) is 2.58. The predicted molar refractivity (Wildman–Crippen MR) is 50.9 cm³/mol. The van der Waals surface area contributed by atoms with Crippen molar-refractivity contribution < 1.29 is 9.59 Å². The van der Waals surface area contributed by atoms with Gasteiger partial charge in [0.15, 0.2) is 6.29 Å². The molecule has 0 heterocycles. The molecule has 0 spiro atoms. The van der Waals surface area contributed by atoms with E-state index in [-0.39, 0.29) is 5.91 Å². The van der Waals surface area contributed by atoms with Crippen LogP contribution in [-0.4, -0.2) is 12.2 Å². The van der Waals surface area contributed by atoms with Gasteiger partial charge in [-0.05, 0) is 19.1 Å². The molecule has 0 aromatic heterocycles. The fourth-order valence-electron chi connectivity index (χ4n) is 1.08. The smallest absolute Gasteiger partial charge is 0.221 e. The van der Waals surface area contributed by atoms with Crippen molar-refractivity contribution in [1.29, 1.82) is 0 Å². The van der Waals surface area contributed by atoms with Gasteiger partial charge in [-0.15, -0.1) is 0 Å². The van der Waals surface area contributed by atoms with Gasteiger partial charge in [-0.2, -0.15) is 0 Å². The van der Waals surface area contributed by atoms with Crippen molar-refractivity contribution in [3.63, 3.8) is 0 Å². The molecule has 1 N–H and O–H groups in total. The lowest BCUT2D eigenvalue weighted by Gasteiger charge is -2.05. The van der Waals surface area contributed by atoms with Crippen LogP contribution in [0.5, 0.6) is 0 Å². The van der Waals surface area contributed by atoms with Crippen LogP contribution in [0.3, 0.4) is 0 Å². The minimum atomic E-state index is -0.174. The molecule has 3 nitrogen and oxygen atoms in total. The third-order valence-corrected chi connectivity index (χ3v) is 1.64. The van der Waals surface area contributed by atoms with Crippen molar-refractivity contribution in [1.82, 2.24) is 0 Å². The van der Waals surface area contributed by atoms with E-state index in [0.29, 0.717) is 11.3 Å². The minimum Gasteiger partial charge on any atom is -0.326 e. The van der Waals surface area contributed by atoms with Gasteiger partial charge in [0.05, 0.1) is 5.69 Å². The molecule has 13 heavy (non-hydrogen) atoms. The Morgan fingerprint density at radius 3 is 2.69 bits per heavy atom. The molecule has 0 atom stereocenters. The molecular weight excluding hydrogens is 166 g/mol. The Bertz CT molecular complexity index is 345. The highest BCUT2D eigenvalue weighted by molar-refractivity contribution is 5.95. The molecule has 1 rings (SSSR count). The molecule has 0 aliphatic rings. The third kappa shape index (κ3) is 2.40. The second kappa shape index (κ2) is 3.85. The SMILES string of the molecule is CC(=O)Nc1ccc(C)cc1C=O. The first-order chi connectivity index (χ1) is 6.13. The van der Waals surface area contributed by atoms with Gasteiger partial charge >= 0.3 is 0 Å². The van der Waals surface area contributed by atoms with Crippen LogP contribution in [0, 0.1) is 6.92 Å². The van der Waals surface area contributed by atoms with Crippen LogP contribution < -0.4 is 5.32 Å². The fourth-order valence-corrected chi connectivity index (χ4v) is 1.08. The van der Waals surface area contributed by atoms with E-state index in [0.717, 1.165) is 11.8 Å². The summed E-state index contributed by atoms with van der Waals surface area (Å²) in [5.74, 6) is -0.174. The number of carbonyl (C=O) groups excluding carboxylic acids is 2. The molecule has 0 radical (unpaired) electrons. The van der Waals surface area contributed by atoms with E-state index in [1.54, 1.807) is 12.1 Å². The number of hydrogen-bond donors (Lipinski definition) is 1. The minimum absolute atomic E-state index is 0.174. The standard InChI is InChI=1S/C10H11NO2/c1-7-3-4-10(11-8(2)13)9(5-7)6-12/h3-6H,1-2H3,(H,11,13). The monoisotopic (exact) mass is 177 g/mol. The van der Waals surface area contributed by atoms with Crippen LogP contribution in [-0.2, 0) is 4.79 Å². The Morgan fingerprint density at radius 2 is 2.15 bits per heavy atom. The number of benzene rings is 1. The number of aryl methyl sites for hydroxylation is 1. The molecule has 1 amide bonds. The lowest BCUT2D eigenvalue weighted by Crippen LogP contribution is -2.07. The molecule has 0 unspecified atom stereocenters. The highest BCUT2D eigenvalue weighted by Gasteiger charge is 2.02. The van der Waals surface area contributed by atoms with Crippen molar-refractivity contribution in [3.8, 4) is 0 Å². The highest BCUT2D eigenvalue weighted by atomic mass is 16.1. The van der Waals surface area contributed by atoms with Crippen LogP contribution in [0.25, 0.3) is 0 Å². The van der Waals surface area contributed by atoms with E-state index >= 15 is 0 Å². The van der Waals surface area contributed by atoms with E-state index in [2.05, 4.69) is 5.32 Å². The zero-order valence-corrected chi connectivity index (χ0v) is 7.63. The largest absolute Gasteiger partial charge is 0.326 e. The van der Waals surface area contributed by atoms with Gasteiger partial charge in [-0.1, -0.05) is 11.6 Å². The van der Waals surface area contributed by atoms with Gasteiger partial charge in [-0.25, -0.2) is 0 Å². The maximum absolute atomic E-state index is 10.7. The Morgan fingerprint density at radius 1 is 1.46 bits per heavy atom. The maximum Gasteiger partial charge on any atom is 0.221 e. The summed E-state index contributed by atoms with van der Waals surface area (Å²) in [4.78, 5) is 21.3. The first-order valence-electron chi connectivity index (χ1n) is 3.97. The molecule has 0 bridgehead atoms. The highest BCUT2D eigenvalue weighted by Crippen LogP contribution is 2.14. The van der Waals surface area contributed by atoms with Gasteiger partial charge < -0.3 is 5.32 Å². The second-order valence-corrected chi connectivity index (χ2v) is 2.89. The molecule has 0 saturated heterocycles. The summed E-state index contributed by atoms with van der Waals surface area (Å²) < 4.78 is 0. The maximum atomic E-state index is 10.7. The third-order valence-electron chi connectivity index (χ3n) is 1.64. The number of rotatable bonds is 2. The number of anilines is 1. The molecule has 0 aliphatic carbocycles. The number of hydrogen-bond acceptors (Lipinski definition) is 2. The van der Waals surface area contributed by atoms with Gasteiger partial charge in [0.25, 0.3) is 0 Å². The Balaban J connectivity index is 3.05. The van der Waals surface area contributed by atoms with Crippen LogP contribution in [0.4, 0.5) is 5.69 Å². The van der Waals surface area contributed by atoms with Gasteiger partial charge in [-0.3, -0.25) is 9.59 Å². The number of carbonyl (C=O) groups is 2. The van der Waals surface area contributed by atoms with Gasteiger partial charge in [0, 0.05) is 12.5 Å². The van der Waals surface area contributed by atoms with Gasteiger partial charge in [0.2, 0.25) is 5.91 Å². The van der Waals surface area contributed by atoms with E-state index in [4.69, 9.17) is 0 Å². The van der Waals surface area contributed by atoms with E-state index < -0.39 is 0 Å². The summed E-state index contributed by atoms with van der Waals surface area (Å²) >= 11 is 0. The van der Waals surface area contributed by atoms with Crippen LogP contribution in [0.15, 0.2) is 18.2 Å². The Labute approximate surface area is 76.8 Å². The Kier molecular flexibility index (Phi) is 2.80. The first-order valence-corrected chi connectivity index (χ1v) is 3.97. The average Bonchev–Trinajstić information content (AvgIpc) is 2.07. The van der Waals surface area contributed by atoms with Crippen molar-refractivity contribution in [3.05, 3.63) is 29.3 Å². The number of nitrogens with one attached hydrogen (secondary N) is 1. The lowest BCUT2D eigenvalue weighted by atomic mass is 10.1. The molecule has 1 aromatic carbocycles. The van der Waals surface area contributed by atoms with Crippen LogP contribution in [0.1, 0.15) is 22.8 Å². The molecular formula is C10H11NO2. The molecule has 68 valence electrons. The van der Waals surface area contributed by atoms with E-state index in [1.807, 2.05) is 13.0 Å². The summed E-state index contributed by atoms with van der Waals surface area (Å²) in [6, 6.07) is 5.30. The topological polar surface area (TPSA) is 46.2 Å². The second-order valence-electron chi connectivity index (χ2n) is 2.89. The summed E-state index contributed by atoms with van der Waals surface area (Å²) in [5.41, 5.74) is 2.07. The molecule has 1 aromatic rings. The molecule has 0 aliphatic heterocycles. The lowest BCUT2D eigenvalue weighted by molar-refractivity contribution is -0.114. The summed E-state index contributed by atoms with van der Waals surface area (Å²) in [7, 11) is 0. The fraction of sp³-hybridized carbons (Fsp3) is 0.200. The quantitative estimate of drug-likeness (QED) is 0.700. The first kappa shape index (κ1) is 9.45. The number of aldehydes is 1. The molecule has 0 fully saturated rings. The van der Waals surface area contributed by atoms with Crippen molar-refractivity contribution >= 4 is 17.9 Å². The Hall–Kier alpha value is -1.64. The van der Waals surface area contributed by atoms with Gasteiger partial charge in [0.1, 0.15) is 0 Å². The predicted octanol–water partition coefficient (Wildman–Crippen LogP) is 1.77. The zero-order valence-electron chi connectivity index (χ0n) is 7.63. The number of amides is 1. The zero-order chi connectivity index (χ0) is 9.84. The molecule has 0 saturated carbocycles. The van der Waals surface area contributed by atoms with Crippen LogP contribution >= 0.6 is 0 Å². The average molecular weight is 177 g/mol. The summed E-state index contributed by atoms with van der Waals surface area (Å²) in [6.45, 7) is 3.30. The van der Waals surface area contributed by atoms with Crippen molar-refractivity contribution in [2.75, 3.05) is 5.32 Å². The van der Waals surface area contributed by atoms with E-state index in [9.17, 15) is 9.59 Å². The van der Waals surface area contributed by atoms with E-state index in [1.165, 1.54) is 6.92 Å². The van der Waals surface area contributed by atoms with Crippen LogP contribution in [0.2, 0.25) is 0 Å². The molecule has 3 heteroatoms. The summed E-state index contributed by atoms with van der Waals surface area (Å²) in [6.07, 6.45) is 0.734. The normalized spacial score (nSPS) is 9.38. The van der Waals surface area contributed by atoms with Crippen molar-refractivity contribution in [2.24, 2.45) is 0 Å².